The fourth-order valence-electron chi connectivity index (χ4n) is 2.66. The highest BCUT2D eigenvalue weighted by Gasteiger charge is 2.11. The Bertz CT molecular complexity index is 586. The molecule has 1 nitrogen and oxygen atoms in total. The zero-order chi connectivity index (χ0) is 13.4. The van der Waals surface area contributed by atoms with Crippen LogP contribution in [-0.4, -0.2) is 0 Å². The first kappa shape index (κ1) is 12.7. The lowest BCUT2D eigenvalue weighted by atomic mass is 9.90. The van der Waals surface area contributed by atoms with Gasteiger partial charge in [-0.05, 0) is 80.1 Å². The SMILES string of the molecule is Cc1cc(C)c(-c2cc(C)c([O])cc2C)c(C)c1. The second-order valence-corrected chi connectivity index (χ2v) is 5.21. The van der Waals surface area contributed by atoms with Gasteiger partial charge in [-0.1, -0.05) is 17.7 Å². The van der Waals surface area contributed by atoms with Crippen molar-refractivity contribution in [3.05, 3.63) is 52.1 Å². The molecule has 0 amide bonds. The van der Waals surface area contributed by atoms with Crippen molar-refractivity contribution < 1.29 is 5.11 Å². The minimum atomic E-state index is 0.124. The van der Waals surface area contributed by atoms with Crippen molar-refractivity contribution in [2.45, 2.75) is 34.6 Å². The first-order chi connectivity index (χ1) is 8.40. The van der Waals surface area contributed by atoms with Crippen molar-refractivity contribution >= 4 is 0 Å². The lowest BCUT2D eigenvalue weighted by Gasteiger charge is -2.15. The summed E-state index contributed by atoms with van der Waals surface area (Å²) in [5, 5.41) is 11.6. The summed E-state index contributed by atoms with van der Waals surface area (Å²) in [7, 11) is 0. The average Bonchev–Trinajstić information content (AvgIpc) is 2.24. The summed E-state index contributed by atoms with van der Waals surface area (Å²) in [6.45, 7) is 10.3. The number of hydrogen-bond donors (Lipinski definition) is 0. The van der Waals surface area contributed by atoms with Gasteiger partial charge >= 0.3 is 0 Å². The Labute approximate surface area is 109 Å². The van der Waals surface area contributed by atoms with Crippen LogP contribution in [0, 0.1) is 34.6 Å². The van der Waals surface area contributed by atoms with Gasteiger partial charge in [0, 0.05) is 0 Å². The Morgan fingerprint density at radius 2 is 1.22 bits per heavy atom. The van der Waals surface area contributed by atoms with E-state index in [2.05, 4.69) is 32.9 Å². The van der Waals surface area contributed by atoms with Crippen LogP contribution in [0.3, 0.4) is 0 Å². The first-order valence-electron chi connectivity index (χ1n) is 6.26. The molecule has 0 aliphatic heterocycles. The van der Waals surface area contributed by atoms with E-state index in [9.17, 15) is 5.11 Å². The molecule has 0 spiro atoms. The molecule has 0 unspecified atom stereocenters. The van der Waals surface area contributed by atoms with Crippen molar-refractivity contribution in [1.29, 1.82) is 0 Å². The third-order valence-electron chi connectivity index (χ3n) is 3.47. The third-order valence-corrected chi connectivity index (χ3v) is 3.47. The Hall–Kier alpha value is -1.76. The predicted molar refractivity (Wildman–Crippen MR) is 75.7 cm³/mol. The molecule has 18 heavy (non-hydrogen) atoms. The maximum atomic E-state index is 11.6. The van der Waals surface area contributed by atoms with Crippen LogP contribution in [0.5, 0.6) is 5.75 Å². The van der Waals surface area contributed by atoms with Gasteiger partial charge in [-0.15, -0.1) is 0 Å². The van der Waals surface area contributed by atoms with Crippen LogP contribution in [0.2, 0.25) is 0 Å². The second kappa shape index (κ2) is 4.49. The topological polar surface area (TPSA) is 19.9 Å². The third kappa shape index (κ3) is 2.13. The van der Waals surface area contributed by atoms with E-state index in [0.29, 0.717) is 0 Å². The molecular weight excluding hydrogens is 220 g/mol. The summed E-state index contributed by atoms with van der Waals surface area (Å²) in [4.78, 5) is 0. The molecule has 2 aromatic carbocycles. The van der Waals surface area contributed by atoms with Gasteiger partial charge in [0.25, 0.3) is 0 Å². The summed E-state index contributed by atoms with van der Waals surface area (Å²) in [6, 6.07) is 8.15. The fourth-order valence-corrected chi connectivity index (χ4v) is 2.66. The smallest absolute Gasteiger partial charge is 0.181 e. The summed E-state index contributed by atoms with van der Waals surface area (Å²) < 4.78 is 0. The molecule has 1 heteroatoms. The zero-order valence-electron chi connectivity index (χ0n) is 11.7. The highest BCUT2D eigenvalue weighted by Crippen LogP contribution is 2.34. The molecule has 1 radical (unpaired) electrons. The quantitative estimate of drug-likeness (QED) is 0.664. The second-order valence-electron chi connectivity index (χ2n) is 5.21. The summed E-state index contributed by atoms with van der Waals surface area (Å²) in [6.07, 6.45) is 0. The average molecular weight is 239 g/mol. The van der Waals surface area contributed by atoms with Crippen molar-refractivity contribution in [3.8, 4) is 16.9 Å². The normalized spacial score (nSPS) is 10.7. The van der Waals surface area contributed by atoms with Gasteiger partial charge in [-0.2, -0.15) is 0 Å². The molecule has 0 bridgehead atoms. The van der Waals surface area contributed by atoms with Crippen molar-refractivity contribution in [3.63, 3.8) is 0 Å². The van der Waals surface area contributed by atoms with E-state index < -0.39 is 0 Å². The Morgan fingerprint density at radius 1 is 0.667 bits per heavy atom. The molecule has 0 heterocycles. The summed E-state index contributed by atoms with van der Waals surface area (Å²) >= 11 is 0. The molecule has 0 N–H and O–H groups in total. The van der Waals surface area contributed by atoms with E-state index >= 15 is 0 Å². The zero-order valence-corrected chi connectivity index (χ0v) is 11.7. The Morgan fingerprint density at radius 3 is 1.78 bits per heavy atom. The highest BCUT2D eigenvalue weighted by atomic mass is 16.3. The van der Waals surface area contributed by atoms with Crippen LogP contribution >= 0.6 is 0 Å². The maximum Gasteiger partial charge on any atom is 0.181 e. The monoisotopic (exact) mass is 239 g/mol. The van der Waals surface area contributed by atoms with E-state index in [1.165, 1.54) is 27.8 Å². The van der Waals surface area contributed by atoms with Crippen LogP contribution in [0.25, 0.3) is 11.1 Å². The van der Waals surface area contributed by atoms with E-state index in [0.717, 1.165) is 11.1 Å². The van der Waals surface area contributed by atoms with Crippen LogP contribution in [-0.2, 0) is 5.11 Å². The van der Waals surface area contributed by atoms with Crippen LogP contribution in [0.15, 0.2) is 24.3 Å². The lowest BCUT2D eigenvalue weighted by molar-refractivity contribution is 0.351. The summed E-state index contributed by atoms with van der Waals surface area (Å²) in [5.41, 5.74) is 8.14. The minimum absolute atomic E-state index is 0.124. The highest BCUT2D eigenvalue weighted by molar-refractivity contribution is 5.75. The number of hydrogen-bond acceptors (Lipinski definition) is 0. The van der Waals surface area contributed by atoms with Gasteiger partial charge in [0.05, 0.1) is 0 Å². The molecule has 0 saturated heterocycles. The van der Waals surface area contributed by atoms with Crippen molar-refractivity contribution in [1.82, 2.24) is 0 Å². The van der Waals surface area contributed by atoms with Gasteiger partial charge in [0.2, 0.25) is 0 Å². The van der Waals surface area contributed by atoms with E-state index in [1.54, 1.807) is 6.07 Å². The lowest BCUT2D eigenvalue weighted by Crippen LogP contribution is -1.93. The molecule has 93 valence electrons. The standard InChI is InChI=1S/C17H19O/c1-10-6-13(4)17(14(5)7-10)15-8-12(3)16(18)9-11(15)2/h6-9H,1-5H3. The number of rotatable bonds is 1. The van der Waals surface area contributed by atoms with Crippen molar-refractivity contribution in [2.24, 2.45) is 0 Å². The first-order valence-corrected chi connectivity index (χ1v) is 6.26. The van der Waals surface area contributed by atoms with Crippen LogP contribution in [0.4, 0.5) is 0 Å². The fraction of sp³-hybridized carbons (Fsp3) is 0.294. The van der Waals surface area contributed by atoms with Gasteiger partial charge in [0.1, 0.15) is 0 Å². The van der Waals surface area contributed by atoms with E-state index in [1.807, 2.05) is 19.9 Å². The Balaban J connectivity index is 2.73. The van der Waals surface area contributed by atoms with Gasteiger partial charge in [0.15, 0.2) is 5.75 Å². The van der Waals surface area contributed by atoms with Crippen LogP contribution in [0.1, 0.15) is 27.8 Å². The molecule has 0 aliphatic rings. The summed E-state index contributed by atoms with van der Waals surface area (Å²) in [5.74, 6) is 0.124. The van der Waals surface area contributed by atoms with Crippen molar-refractivity contribution in [2.75, 3.05) is 0 Å². The molecule has 2 rings (SSSR count). The Kier molecular flexibility index (Phi) is 3.16. The van der Waals surface area contributed by atoms with E-state index in [-0.39, 0.29) is 5.75 Å². The molecule has 2 aromatic rings. The van der Waals surface area contributed by atoms with Crippen LogP contribution < -0.4 is 0 Å². The number of benzene rings is 2. The molecule has 0 aromatic heterocycles. The maximum absolute atomic E-state index is 11.6. The molecule has 0 fully saturated rings. The number of aryl methyl sites for hydroxylation is 5. The molecule has 0 aliphatic carbocycles. The van der Waals surface area contributed by atoms with Gasteiger partial charge in [-0.25, -0.2) is 0 Å². The minimum Gasteiger partial charge on any atom is -0.290 e. The molecule has 0 saturated carbocycles. The largest absolute Gasteiger partial charge is 0.290 e. The molecular formula is C17H19O. The van der Waals surface area contributed by atoms with Gasteiger partial charge < -0.3 is 0 Å². The van der Waals surface area contributed by atoms with Gasteiger partial charge in [-0.3, -0.25) is 5.11 Å². The molecule has 0 atom stereocenters. The predicted octanol–water partition coefficient (Wildman–Crippen LogP) is 5.04. The van der Waals surface area contributed by atoms with E-state index in [4.69, 9.17) is 0 Å².